The molecule has 2 aromatic carbocycles. The summed E-state index contributed by atoms with van der Waals surface area (Å²) in [4.78, 5) is 33.9. The lowest BCUT2D eigenvalue weighted by molar-refractivity contribution is 0.0746. The van der Waals surface area contributed by atoms with Crippen LogP contribution in [-0.4, -0.2) is 46.5 Å². The van der Waals surface area contributed by atoms with Gasteiger partial charge in [0.1, 0.15) is 0 Å². The molecule has 0 radical (unpaired) electrons. The topological polar surface area (TPSA) is 58.4 Å². The van der Waals surface area contributed by atoms with Crippen molar-refractivity contribution in [3.63, 3.8) is 0 Å². The summed E-state index contributed by atoms with van der Waals surface area (Å²) in [6.45, 7) is 2.14. The van der Waals surface area contributed by atoms with Gasteiger partial charge in [-0.25, -0.2) is 4.98 Å². The number of nitrogens with zero attached hydrogens (tertiary/aromatic N) is 4. The van der Waals surface area contributed by atoms with E-state index in [4.69, 9.17) is 28.2 Å². The van der Waals surface area contributed by atoms with Crippen LogP contribution in [0.4, 0.5) is 5.95 Å². The van der Waals surface area contributed by atoms with Crippen LogP contribution in [-0.2, 0) is 7.05 Å². The maximum atomic E-state index is 12.8. The Balaban J connectivity index is 1.53. The van der Waals surface area contributed by atoms with Crippen molar-refractivity contribution in [2.75, 3.05) is 31.1 Å². The number of halogens is 2. The third-order valence-corrected chi connectivity index (χ3v) is 5.74. The van der Waals surface area contributed by atoms with Crippen LogP contribution in [0.1, 0.15) is 10.4 Å². The first-order valence-electron chi connectivity index (χ1n) is 9.57. The number of piperazine rings is 1. The van der Waals surface area contributed by atoms with Crippen LogP contribution in [0.25, 0.3) is 11.3 Å². The fourth-order valence-electron chi connectivity index (χ4n) is 3.51. The number of hydrogen-bond acceptors (Lipinski definition) is 4. The van der Waals surface area contributed by atoms with Crippen molar-refractivity contribution in [1.82, 2.24) is 14.5 Å². The van der Waals surface area contributed by atoms with Crippen molar-refractivity contribution in [3.05, 3.63) is 80.6 Å². The van der Waals surface area contributed by atoms with E-state index in [1.165, 1.54) is 0 Å². The van der Waals surface area contributed by atoms with E-state index in [-0.39, 0.29) is 11.5 Å². The van der Waals surface area contributed by atoms with Crippen LogP contribution in [0.2, 0.25) is 10.0 Å². The summed E-state index contributed by atoms with van der Waals surface area (Å²) in [5.41, 5.74) is 1.85. The number of rotatable bonds is 3. The zero-order valence-electron chi connectivity index (χ0n) is 16.4. The van der Waals surface area contributed by atoms with Gasteiger partial charge in [0.05, 0.1) is 16.3 Å². The molecule has 0 atom stereocenters. The van der Waals surface area contributed by atoms with E-state index in [2.05, 4.69) is 0 Å². The van der Waals surface area contributed by atoms with Crippen molar-refractivity contribution in [2.45, 2.75) is 0 Å². The average molecular weight is 443 g/mol. The molecule has 0 N–H and O–H groups in total. The molecule has 0 unspecified atom stereocenters. The Kier molecular flexibility index (Phi) is 5.79. The molecule has 1 aromatic heterocycles. The molecular formula is C22H20Cl2N4O2. The number of anilines is 1. The lowest BCUT2D eigenvalue weighted by Crippen LogP contribution is -2.50. The largest absolute Gasteiger partial charge is 0.339 e. The van der Waals surface area contributed by atoms with E-state index in [0.717, 1.165) is 5.56 Å². The zero-order chi connectivity index (χ0) is 21.3. The Hall–Kier alpha value is -2.83. The van der Waals surface area contributed by atoms with Crippen LogP contribution >= 0.6 is 23.2 Å². The summed E-state index contributed by atoms with van der Waals surface area (Å²) >= 11 is 12.1. The number of hydrogen-bond donors (Lipinski definition) is 0. The highest BCUT2D eigenvalue weighted by Crippen LogP contribution is 2.24. The lowest BCUT2D eigenvalue weighted by Gasteiger charge is -2.36. The summed E-state index contributed by atoms with van der Waals surface area (Å²) in [5, 5.41) is 0.834. The van der Waals surface area contributed by atoms with Crippen molar-refractivity contribution in [2.24, 2.45) is 7.05 Å². The molecule has 4 rings (SSSR count). The van der Waals surface area contributed by atoms with Gasteiger partial charge in [-0.3, -0.25) is 14.2 Å². The van der Waals surface area contributed by atoms with Crippen LogP contribution in [0.15, 0.2) is 59.4 Å². The molecule has 0 aliphatic carbocycles. The minimum Gasteiger partial charge on any atom is -0.339 e. The van der Waals surface area contributed by atoms with Crippen LogP contribution in [0, 0.1) is 0 Å². The highest BCUT2D eigenvalue weighted by Gasteiger charge is 2.25. The molecule has 0 bridgehead atoms. The molecule has 8 heteroatoms. The monoisotopic (exact) mass is 442 g/mol. The Morgan fingerprint density at radius 1 is 0.967 bits per heavy atom. The van der Waals surface area contributed by atoms with E-state index in [9.17, 15) is 9.59 Å². The van der Waals surface area contributed by atoms with Crippen molar-refractivity contribution < 1.29 is 4.79 Å². The van der Waals surface area contributed by atoms with E-state index >= 15 is 0 Å². The van der Waals surface area contributed by atoms with Crippen molar-refractivity contribution >= 4 is 35.1 Å². The maximum absolute atomic E-state index is 12.8. The normalized spacial score (nSPS) is 14.1. The maximum Gasteiger partial charge on any atom is 0.255 e. The molecule has 1 fully saturated rings. The molecular weight excluding hydrogens is 423 g/mol. The number of carbonyl (C=O) groups is 1. The Morgan fingerprint density at radius 3 is 2.33 bits per heavy atom. The third-order valence-electron chi connectivity index (χ3n) is 5.19. The van der Waals surface area contributed by atoms with E-state index in [0.29, 0.717) is 53.4 Å². The molecule has 1 saturated heterocycles. The van der Waals surface area contributed by atoms with Crippen LogP contribution in [0.3, 0.4) is 0 Å². The van der Waals surface area contributed by atoms with Gasteiger partial charge in [-0.1, -0.05) is 53.5 Å². The molecule has 3 aromatic rings. The number of amides is 1. The van der Waals surface area contributed by atoms with Crippen LogP contribution in [0.5, 0.6) is 0 Å². The smallest absolute Gasteiger partial charge is 0.255 e. The third kappa shape index (κ3) is 4.06. The van der Waals surface area contributed by atoms with Gasteiger partial charge in [-0.2, -0.15) is 0 Å². The number of carbonyl (C=O) groups excluding carboxylic acids is 1. The highest BCUT2D eigenvalue weighted by molar-refractivity contribution is 6.36. The van der Waals surface area contributed by atoms with Gasteiger partial charge in [-0.15, -0.1) is 0 Å². The molecule has 2 heterocycles. The molecule has 0 spiro atoms. The number of benzene rings is 2. The van der Waals surface area contributed by atoms with Gasteiger partial charge in [0.2, 0.25) is 5.95 Å². The summed E-state index contributed by atoms with van der Waals surface area (Å²) in [6, 6.07) is 16.0. The predicted molar refractivity (Wildman–Crippen MR) is 119 cm³/mol. The van der Waals surface area contributed by atoms with Gasteiger partial charge >= 0.3 is 0 Å². The van der Waals surface area contributed by atoms with Gasteiger partial charge < -0.3 is 9.80 Å². The van der Waals surface area contributed by atoms with Gasteiger partial charge in [0.25, 0.3) is 11.5 Å². The molecule has 30 heavy (non-hydrogen) atoms. The first-order chi connectivity index (χ1) is 14.4. The quantitative estimate of drug-likeness (QED) is 0.620. The zero-order valence-corrected chi connectivity index (χ0v) is 17.9. The second kappa shape index (κ2) is 8.50. The van der Waals surface area contributed by atoms with Gasteiger partial charge in [-0.05, 0) is 18.2 Å². The molecule has 6 nitrogen and oxygen atoms in total. The van der Waals surface area contributed by atoms with E-state index < -0.39 is 0 Å². The van der Waals surface area contributed by atoms with Crippen molar-refractivity contribution in [1.29, 1.82) is 0 Å². The molecule has 154 valence electrons. The second-order valence-electron chi connectivity index (χ2n) is 7.11. The fourth-order valence-corrected chi connectivity index (χ4v) is 4.00. The summed E-state index contributed by atoms with van der Waals surface area (Å²) in [5.74, 6) is 0.467. The predicted octanol–water partition coefficient (Wildman–Crippen LogP) is 3.72. The second-order valence-corrected chi connectivity index (χ2v) is 7.95. The fraction of sp³-hybridized carbons (Fsp3) is 0.227. The van der Waals surface area contributed by atoms with Crippen LogP contribution < -0.4 is 10.5 Å². The van der Waals surface area contributed by atoms with Gasteiger partial charge in [0, 0.05) is 49.9 Å². The first kappa shape index (κ1) is 20.4. The molecule has 1 amide bonds. The first-order valence-corrected chi connectivity index (χ1v) is 10.3. The SMILES string of the molecule is Cn1c(N2CCN(C(=O)c3ccc(Cl)cc3Cl)CC2)nc(-c2ccccc2)cc1=O. The lowest BCUT2D eigenvalue weighted by atomic mass is 10.1. The number of aromatic nitrogens is 2. The Bertz CT molecular complexity index is 1140. The minimum absolute atomic E-state index is 0.120. The van der Waals surface area contributed by atoms with Crippen molar-refractivity contribution in [3.8, 4) is 11.3 Å². The molecule has 0 saturated carbocycles. The van der Waals surface area contributed by atoms with Gasteiger partial charge in [0.15, 0.2) is 0 Å². The molecule has 1 aliphatic rings. The summed E-state index contributed by atoms with van der Waals surface area (Å²) in [7, 11) is 1.71. The Labute approximate surface area is 184 Å². The van der Waals surface area contributed by atoms with E-state index in [1.807, 2.05) is 35.2 Å². The molecule has 1 aliphatic heterocycles. The highest BCUT2D eigenvalue weighted by atomic mass is 35.5. The standard InChI is InChI=1S/C22H20Cl2N4O2/c1-26-20(29)14-19(15-5-3-2-4-6-15)25-22(26)28-11-9-27(10-12-28)21(30)17-8-7-16(23)13-18(17)24/h2-8,13-14H,9-12H2,1H3. The summed E-state index contributed by atoms with van der Waals surface area (Å²) in [6.07, 6.45) is 0. The minimum atomic E-state index is -0.129. The Morgan fingerprint density at radius 2 is 1.67 bits per heavy atom. The summed E-state index contributed by atoms with van der Waals surface area (Å²) < 4.78 is 1.54. The average Bonchev–Trinajstić information content (AvgIpc) is 2.76. The van der Waals surface area contributed by atoms with E-state index in [1.54, 1.807) is 40.8 Å².